The lowest BCUT2D eigenvalue weighted by Gasteiger charge is -2.35. The average Bonchev–Trinajstić information content (AvgIpc) is 2.79. The number of hydrogen-bond acceptors (Lipinski definition) is 4. The molecule has 2 amide bonds. The molecule has 0 aromatic heterocycles. The first-order valence-corrected chi connectivity index (χ1v) is 10.7. The van der Waals surface area contributed by atoms with E-state index in [1.165, 1.54) is 10.6 Å². The van der Waals surface area contributed by atoms with Crippen LogP contribution < -0.4 is 5.01 Å². The number of rotatable bonds is 5. The van der Waals surface area contributed by atoms with Crippen molar-refractivity contribution in [2.75, 3.05) is 37.7 Å². The van der Waals surface area contributed by atoms with Gasteiger partial charge in [-0.15, -0.1) is 0 Å². The first kappa shape index (κ1) is 20.6. The largest absolute Gasteiger partial charge is 0.335 e. The van der Waals surface area contributed by atoms with Crippen LogP contribution in [0.5, 0.6) is 0 Å². The van der Waals surface area contributed by atoms with Gasteiger partial charge in [-0.1, -0.05) is 41.9 Å². The standard InChI is InChI=1S/C23H25ClN4O2/c24-19-6-8-20(9-7-19)28-22(29)11-10-21(25-28)23(30)27-16-14-26(15-17-27)13-12-18-4-2-1-3-5-18/h1-9H,10-17H2. The summed E-state index contributed by atoms with van der Waals surface area (Å²) in [6, 6.07) is 17.4. The molecule has 1 saturated heterocycles. The number of carbonyl (C=O) groups excluding carboxylic acids is 2. The highest BCUT2D eigenvalue weighted by Crippen LogP contribution is 2.23. The van der Waals surface area contributed by atoms with Gasteiger partial charge in [-0.2, -0.15) is 5.10 Å². The van der Waals surface area contributed by atoms with Gasteiger partial charge in [0.05, 0.1) is 5.69 Å². The Hall–Kier alpha value is -2.70. The summed E-state index contributed by atoms with van der Waals surface area (Å²) in [7, 11) is 0. The van der Waals surface area contributed by atoms with Crippen LogP contribution >= 0.6 is 11.6 Å². The molecular formula is C23H25ClN4O2. The monoisotopic (exact) mass is 424 g/mol. The molecule has 2 aromatic carbocycles. The number of amides is 2. The zero-order chi connectivity index (χ0) is 20.9. The molecule has 2 heterocycles. The molecule has 0 unspecified atom stereocenters. The van der Waals surface area contributed by atoms with Gasteiger partial charge in [0.2, 0.25) is 5.91 Å². The molecule has 0 spiro atoms. The summed E-state index contributed by atoms with van der Waals surface area (Å²) in [5, 5.41) is 6.30. The molecule has 0 radical (unpaired) electrons. The fourth-order valence-electron chi connectivity index (χ4n) is 3.78. The third-order valence-corrected chi connectivity index (χ3v) is 5.82. The molecule has 0 bridgehead atoms. The molecular weight excluding hydrogens is 400 g/mol. The van der Waals surface area contributed by atoms with Crippen molar-refractivity contribution in [2.24, 2.45) is 5.10 Å². The second kappa shape index (κ2) is 9.41. The Morgan fingerprint density at radius 1 is 0.933 bits per heavy atom. The zero-order valence-electron chi connectivity index (χ0n) is 16.8. The highest BCUT2D eigenvalue weighted by molar-refractivity contribution is 6.40. The van der Waals surface area contributed by atoms with Gasteiger partial charge in [-0.25, -0.2) is 5.01 Å². The van der Waals surface area contributed by atoms with Crippen LogP contribution in [0.15, 0.2) is 59.7 Å². The summed E-state index contributed by atoms with van der Waals surface area (Å²) in [6.07, 6.45) is 1.68. The number of hydrazone groups is 1. The van der Waals surface area contributed by atoms with Crippen molar-refractivity contribution >= 4 is 34.8 Å². The molecule has 2 aromatic rings. The highest BCUT2D eigenvalue weighted by atomic mass is 35.5. The summed E-state index contributed by atoms with van der Waals surface area (Å²) in [4.78, 5) is 29.6. The number of halogens is 1. The summed E-state index contributed by atoms with van der Waals surface area (Å²) in [5.41, 5.74) is 2.40. The Labute approximate surface area is 181 Å². The van der Waals surface area contributed by atoms with E-state index < -0.39 is 0 Å². The fourth-order valence-corrected chi connectivity index (χ4v) is 3.91. The lowest BCUT2D eigenvalue weighted by atomic mass is 10.1. The first-order chi connectivity index (χ1) is 14.6. The third kappa shape index (κ3) is 4.89. The Morgan fingerprint density at radius 3 is 2.33 bits per heavy atom. The number of piperazine rings is 1. The van der Waals surface area contributed by atoms with Gasteiger partial charge < -0.3 is 4.90 Å². The minimum atomic E-state index is -0.111. The molecule has 0 saturated carbocycles. The van der Waals surface area contributed by atoms with Crippen LogP contribution in [0, 0.1) is 0 Å². The predicted octanol–water partition coefficient (Wildman–Crippen LogP) is 3.21. The molecule has 2 aliphatic rings. The van der Waals surface area contributed by atoms with Crippen molar-refractivity contribution in [3.63, 3.8) is 0 Å². The van der Waals surface area contributed by atoms with Crippen LogP contribution in [-0.4, -0.2) is 60.0 Å². The number of nitrogens with zero attached hydrogens (tertiary/aromatic N) is 4. The lowest BCUT2D eigenvalue weighted by Crippen LogP contribution is -2.51. The van der Waals surface area contributed by atoms with Crippen LogP contribution in [0.1, 0.15) is 18.4 Å². The van der Waals surface area contributed by atoms with Crippen molar-refractivity contribution in [3.8, 4) is 0 Å². The molecule has 30 heavy (non-hydrogen) atoms. The van der Waals surface area contributed by atoms with E-state index in [-0.39, 0.29) is 18.2 Å². The number of anilines is 1. The number of hydrogen-bond donors (Lipinski definition) is 0. The Morgan fingerprint density at radius 2 is 1.63 bits per heavy atom. The predicted molar refractivity (Wildman–Crippen MR) is 119 cm³/mol. The van der Waals surface area contributed by atoms with E-state index in [9.17, 15) is 9.59 Å². The molecule has 4 rings (SSSR count). The van der Waals surface area contributed by atoms with Crippen LogP contribution in [0.3, 0.4) is 0 Å². The van der Waals surface area contributed by atoms with Gasteiger partial charge in [0.1, 0.15) is 5.71 Å². The molecule has 1 fully saturated rings. The van der Waals surface area contributed by atoms with E-state index in [4.69, 9.17) is 11.6 Å². The minimum Gasteiger partial charge on any atom is -0.335 e. The maximum atomic E-state index is 13.0. The molecule has 0 aliphatic carbocycles. The summed E-state index contributed by atoms with van der Waals surface area (Å²) < 4.78 is 0. The summed E-state index contributed by atoms with van der Waals surface area (Å²) in [5.74, 6) is -0.177. The quantitative estimate of drug-likeness (QED) is 0.740. The van der Waals surface area contributed by atoms with Gasteiger partial charge in [0.15, 0.2) is 0 Å². The maximum absolute atomic E-state index is 13.0. The van der Waals surface area contributed by atoms with Crippen LogP contribution in [-0.2, 0) is 16.0 Å². The highest BCUT2D eigenvalue weighted by Gasteiger charge is 2.30. The molecule has 0 N–H and O–H groups in total. The zero-order valence-corrected chi connectivity index (χ0v) is 17.6. The number of benzene rings is 2. The van der Waals surface area contributed by atoms with Crippen molar-refractivity contribution in [2.45, 2.75) is 19.3 Å². The summed E-state index contributed by atoms with van der Waals surface area (Å²) >= 11 is 5.93. The van der Waals surface area contributed by atoms with Crippen molar-refractivity contribution in [3.05, 3.63) is 65.2 Å². The van der Waals surface area contributed by atoms with Gasteiger partial charge in [0.25, 0.3) is 5.91 Å². The number of carbonyl (C=O) groups is 2. The second-order valence-corrected chi connectivity index (χ2v) is 8.03. The average molecular weight is 425 g/mol. The van der Waals surface area contributed by atoms with Crippen molar-refractivity contribution in [1.29, 1.82) is 0 Å². The topological polar surface area (TPSA) is 56.2 Å². The molecule has 156 valence electrons. The van der Waals surface area contributed by atoms with Gasteiger partial charge in [-0.05, 0) is 36.2 Å². The van der Waals surface area contributed by atoms with Crippen molar-refractivity contribution < 1.29 is 9.59 Å². The molecule has 2 aliphatic heterocycles. The van der Waals surface area contributed by atoms with E-state index in [1.807, 2.05) is 11.0 Å². The molecule has 6 nitrogen and oxygen atoms in total. The maximum Gasteiger partial charge on any atom is 0.270 e. The molecule has 0 atom stereocenters. The lowest BCUT2D eigenvalue weighted by molar-refractivity contribution is -0.126. The van der Waals surface area contributed by atoms with Gasteiger partial charge in [0, 0.05) is 50.6 Å². The van der Waals surface area contributed by atoms with E-state index in [2.05, 4.69) is 34.3 Å². The second-order valence-electron chi connectivity index (χ2n) is 7.60. The Balaban J connectivity index is 1.34. The SMILES string of the molecule is O=C(C1=NN(c2ccc(Cl)cc2)C(=O)CC1)N1CCN(CCc2ccccc2)CC1. The minimum absolute atomic E-state index is 0.0656. The Bertz CT molecular complexity index is 922. The van der Waals surface area contributed by atoms with Crippen molar-refractivity contribution in [1.82, 2.24) is 9.80 Å². The van der Waals surface area contributed by atoms with E-state index >= 15 is 0 Å². The van der Waals surface area contributed by atoms with Crippen LogP contribution in [0.4, 0.5) is 5.69 Å². The summed E-state index contributed by atoms with van der Waals surface area (Å²) in [6.45, 7) is 4.06. The van der Waals surface area contributed by atoms with Crippen LogP contribution in [0.2, 0.25) is 5.02 Å². The van der Waals surface area contributed by atoms with E-state index in [0.717, 1.165) is 26.1 Å². The van der Waals surface area contributed by atoms with E-state index in [0.29, 0.717) is 35.9 Å². The smallest absolute Gasteiger partial charge is 0.270 e. The van der Waals surface area contributed by atoms with Gasteiger partial charge >= 0.3 is 0 Å². The normalized spacial score (nSPS) is 17.8. The van der Waals surface area contributed by atoms with E-state index in [1.54, 1.807) is 24.3 Å². The Kier molecular flexibility index (Phi) is 6.45. The third-order valence-electron chi connectivity index (χ3n) is 5.57. The first-order valence-electron chi connectivity index (χ1n) is 10.3. The molecule has 7 heteroatoms. The fraction of sp³-hybridized carbons (Fsp3) is 0.348. The van der Waals surface area contributed by atoms with Crippen LogP contribution in [0.25, 0.3) is 0 Å². The van der Waals surface area contributed by atoms with Gasteiger partial charge in [-0.3, -0.25) is 14.5 Å².